The highest BCUT2D eigenvalue weighted by Crippen LogP contribution is 2.40. The van der Waals surface area contributed by atoms with Crippen molar-refractivity contribution in [3.05, 3.63) is 51.3 Å². The number of ether oxygens (including phenoxy) is 2. The molecule has 5 heterocycles. The van der Waals surface area contributed by atoms with Crippen LogP contribution in [-0.4, -0.2) is 64.7 Å². The predicted octanol–water partition coefficient (Wildman–Crippen LogP) is 1.76. The summed E-state index contributed by atoms with van der Waals surface area (Å²) in [5.41, 5.74) is 1.96. The molecular weight excluding hydrogens is 476 g/mol. The van der Waals surface area contributed by atoms with Gasteiger partial charge in [0.15, 0.2) is 11.4 Å². The molecular formula is C27H28N4O6. The Balaban J connectivity index is 1.49. The molecule has 0 saturated carbocycles. The lowest BCUT2D eigenvalue weighted by Gasteiger charge is -2.36. The Morgan fingerprint density at radius 1 is 1.14 bits per heavy atom. The Bertz CT molecular complexity index is 1510. The second-order valence-electron chi connectivity index (χ2n) is 9.75. The van der Waals surface area contributed by atoms with Crippen LogP contribution in [-0.2, 0) is 33.1 Å². The van der Waals surface area contributed by atoms with Gasteiger partial charge in [0.25, 0.3) is 12.0 Å². The van der Waals surface area contributed by atoms with E-state index in [0.29, 0.717) is 46.8 Å². The van der Waals surface area contributed by atoms with E-state index < -0.39 is 11.6 Å². The number of nitrogens with zero attached hydrogens (tertiary/aromatic N) is 4. The molecule has 0 bridgehead atoms. The quantitative estimate of drug-likeness (QED) is 0.321. The molecule has 1 N–H and O–H groups in total. The molecule has 3 aliphatic heterocycles. The molecule has 1 atom stereocenters. The molecule has 10 heteroatoms. The first-order chi connectivity index (χ1) is 17.9. The number of hydrogen-bond donors (Lipinski definition) is 1. The molecule has 3 aliphatic rings. The summed E-state index contributed by atoms with van der Waals surface area (Å²) >= 11 is 0. The van der Waals surface area contributed by atoms with Crippen LogP contribution >= 0.6 is 0 Å². The third kappa shape index (κ3) is 3.54. The zero-order valence-electron chi connectivity index (χ0n) is 20.8. The summed E-state index contributed by atoms with van der Waals surface area (Å²) in [4.78, 5) is 46.6. The molecule has 0 aliphatic carbocycles. The number of fused-ring (bicyclic) bond motifs is 5. The molecule has 2 aromatic heterocycles. The minimum Gasteiger partial charge on any atom is -0.458 e. The molecule has 192 valence electrons. The average molecular weight is 505 g/mol. The van der Waals surface area contributed by atoms with Crippen molar-refractivity contribution in [2.24, 2.45) is 0 Å². The zero-order valence-corrected chi connectivity index (χ0v) is 20.8. The van der Waals surface area contributed by atoms with Crippen molar-refractivity contribution in [2.45, 2.75) is 39.0 Å². The van der Waals surface area contributed by atoms with Gasteiger partial charge in [0, 0.05) is 42.7 Å². The van der Waals surface area contributed by atoms with E-state index in [1.54, 1.807) is 17.6 Å². The number of aromatic nitrogens is 2. The number of aliphatic hydroxyl groups is 1. The van der Waals surface area contributed by atoms with Crippen molar-refractivity contribution in [1.29, 1.82) is 0 Å². The van der Waals surface area contributed by atoms with Crippen LogP contribution in [0.3, 0.4) is 0 Å². The van der Waals surface area contributed by atoms with Gasteiger partial charge in [0.2, 0.25) is 0 Å². The van der Waals surface area contributed by atoms with Gasteiger partial charge in [-0.05, 0) is 37.2 Å². The van der Waals surface area contributed by atoms with Crippen molar-refractivity contribution in [2.75, 3.05) is 37.6 Å². The molecule has 10 nitrogen and oxygen atoms in total. The lowest BCUT2D eigenvalue weighted by atomic mass is 9.86. The second-order valence-corrected chi connectivity index (χ2v) is 9.75. The summed E-state index contributed by atoms with van der Waals surface area (Å²) in [6, 6.07) is 7.40. The van der Waals surface area contributed by atoms with E-state index in [1.165, 1.54) is 0 Å². The Hall–Kier alpha value is -3.76. The number of cyclic esters (lactones) is 1. The van der Waals surface area contributed by atoms with Crippen LogP contribution in [0.2, 0.25) is 0 Å². The van der Waals surface area contributed by atoms with Gasteiger partial charge in [-0.2, -0.15) is 0 Å². The van der Waals surface area contributed by atoms with Gasteiger partial charge in [-0.15, -0.1) is 0 Å². The topological polar surface area (TPSA) is 114 Å². The highest BCUT2D eigenvalue weighted by Gasteiger charge is 2.45. The lowest BCUT2D eigenvalue weighted by Crippen LogP contribution is -2.46. The fraction of sp³-hybridized carbons (Fsp3) is 0.407. The number of likely N-dealkylation sites (N-methyl/N-ethyl adjacent to an activating group) is 1. The maximum absolute atomic E-state index is 13.4. The third-order valence-corrected chi connectivity index (χ3v) is 7.92. The number of pyridine rings is 2. The largest absolute Gasteiger partial charge is 0.458 e. The highest BCUT2D eigenvalue weighted by molar-refractivity contribution is 5.90. The van der Waals surface area contributed by atoms with E-state index in [-0.39, 0.29) is 18.6 Å². The van der Waals surface area contributed by atoms with Crippen LogP contribution in [0.5, 0.6) is 5.75 Å². The summed E-state index contributed by atoms with van der Waals surface area (Å²) in [6.07, 6.45) is 0.0912. The van der Waals surface area contributed by atoms with E-state index in [4.69, 9.17) is 14.5 Å². The molecule has 0 unspecified atom stereocenters. The number of hydrogen-bond acceptors (Lipinski definition) is 9. The van der Waals surface area contributed by atoms with Crippen LogP contribution in [0.25, 0.3) is 22.3 Å². The summed E-state index contributed by atoms with van der Waals surface area (Å²) in [5, 5.41) is 11.9. The first kappa shape index (κ1) is 23.6. The monoisotopic (exact) mass is 504 g/mol. The van der Waals surface area contributed by atoms with Crippen molar-refractivity contribution in [3.63, 3.8) is 0 Å². The third-order valence-electron chi connectivity index (χ3n) is 7.92. The number of rotatable bonds is 5. The van der Waals surface area contributed by atoms with E-state index in [9.17, 15) is 19.5 Å². The number of carbonyl (C=O) groups is 2. The number of anilines is 1. The van der Waals surface area contributed by atoms with E-state index in [1.807, 2.05) is 18.2 Å². The molecule has 3 aromatic rings. The Kier molecular flexibility index (Phi) is 5.54. The number of carbonyl (C=O) groups excluding carboxylic acids is 2. The SMILES string of the molecule is CCN1CCN(c2cc3nc4c(cc3cc2OC=O)Cn2c-4cc3c(c2=O)COC(=O)[C@]3(O)CC)CC1. The van der Waals surface area contributed by atoms with Crippen LogP contribution in [0.15, 0.2) is 29.1 Å². The molecule has 6 rings (SSSR count). The van der Waals surface area contributed by atoms with Gasteiger partial charge >= 0.3 is 5.97 Å². The fourth-order valence-electron chi connectivity index (χ4n) is 5.70. The molecule has 1 saturated heterocycles. The predicted molar refractivity (Wildman–Crippen MR) is 136 cm³/mol. The molecule has 37 heavy (non-hydrogen) atoms. The van der Waals surface area contributed by atoms with Crippen LogP contribution in [0, 0.1) is 0 Å². The van der Waals surface area contributed by atoms with Gasteiger partial charge in [-0.25, -0.2) is 9.78 Å². The van der Waals surface area contributed by atoms with Crippen LogP contribution in [0.4, 0.5) is 5.69 Å². The number of benzene rings is 1. The molecule has 1 fully saturated rings. The van der Waals surface area contributed by atoms with E-state index in [0.717, 1.165) is 49.4 Å². The van der Waals surface area contributed by atoms with Crippen LogP contribution < -0.4 is 15.2 Å². The van der Waals surface area contributed by atoms with Gasteiger partial charge in [0.1, 0.15) is 6.61 Å². The van der Waals surface area contributed by atoms with Crippen LogP contribution in [0.1, 0.15) is 37.0 Å². The Labute approximate surface area is 213 Å². The maximum Gasteiger partial charge on any atom is 0.343 e. The normalized spacial score (nSPS) is 20.8. The average Bonchev–Trinajstić information content (AvgIpc) is 3.27. The molecule has 0 spiro atoms. The van der Waals surface area contributed by atoms with Crippen molar-refractivity contribution in [3.8, 4) is 17.1 Å². The van der Waals surface area contributed by atoms with Crippen molar-refractivity contribution >= 4 is 29.0 Å². The van der Waals surface area contributed by atoms with E-state index in [2.05, 4.69) is 16.7 Å². The lowest BCUT2D eigenvalue weighted by molar-refractivity contribution is -0.172. The summed E-state index contributed by atoms with van der Waals surface area (Å²) in [6.45, 7) is 8.82. The molecule has 0 amide bonds. The fourth-order valence-corrected chi connectivity index (χ4v) is 5.70. The minimum absolute atomic E-state index is 0.0912. The summed E-state index contributed by atoms with van der Waals surface area (Å²) < 4.78 is 12.1. The Morgan fingerprint density at radius 3 is 2.62 bits per heavy atom. The first-order valence-electron chi connectivity index (χ1n) is 12.6. The van der Waals surface area contributed by atoms with Gasteiger partial charge in [-0.3, -0.25) is 9.59 Å². The molecule has 0 radical (unpaired) electrons. The summed E-state index contributed by atoms with van der Waals surface area (Å²) in [7, 11) is 0. The minimum atomic E-state index is -1.86. The number of piperazine rings is 1. The van der Waals surface area contributed by atoms with Gasteiger partial charge in [0.05, 0.1) is 34.7 Å². The van der Waals surface area contributed by atoms with Gasteiger partial charge in [-0.1, -0.05) is 13.8 Å². The Morgan fingerprint density at radius 2 is 1.92 bits per heavy atom. The first-order valence-corrected chi connectivity index (χ1v) is 12.6. The van der Waals surface area contributed by atoms with E-state index >= 15 is 0 Å². The molecule has 1 aromatic carbocycles. The zero-order chi connectivity index (χ0) is 25.9. The second kappa shape index (κ2) is 8.67. The summed E-state index contributed by atoms with van der Waals surface area (Å²) in [5.74, 6) is -0.270. The smallest absolute Gasteiger partial charge is 0.343 e. The van der Waals surface area contributed by atoms with Crippen molar-refractivity contribution in [1.82, 2.24) is 14.5 Å². The number of esters is 1. The van der Waals surface area contributed by atoms with Crippen molar-refractivity contribution < 1.29 is 24.2 Å². The highest BCUT2D eigenvalue weighted by atomic mass is 16.6. The maximum atomic E-state index is 13.4. The van der Waals surface area contributed by atoms with Gasteiger partial charge < -0.3 is 28.9 Å². The standard InChI is InChI=1S/C27H28N4O6/c1-3-27(35)19-11-22-24-17(13-31(22)25(33)18(19)14-36-26(27)34)9-16-10-23(37-15-32)21(12-20(16)28-24)30-7-5-29(4-2)6-8-30/h9-12,15,35H,3-8,13-14H2,1-2H3/t27-/m0/s1.